The van der Waals surface area contributed by atoms with Gasteiger partial charge in [0, 0.05) is 6.54 Å². The SMILES string of the molecule is COc1cc(CCNC(=O)O[Si](C(C)C)(C(C)C)C(C)C)ccc1O. The Morgan fingerprint density at radius 2 is 1.68 bits per heavy atom. The van der Waals surface area contributed by atoms with E-state index in [1.807, 2.05) is 6.07 Å². The molecular weight excluding hydrogens is 334 g/mol. The minimum atomic E-state index is -2.21. The monoisotopic (exact) mass is 367 g/mol. The Kier molecular flexibility index (Phi) is 7.80. The summed E-state index contributed by atoms with van der Waals surface area (Å²) in [4.78, 5) is 12.4. The average Bonchev–Trinajstić information content (AvgIpc) is 2.53. The summed E-state index contributed by atoms with van der Waals surface area (Å²) in [6, 6.07) is 5.19. The average molecular weight is 368 g/mol. The van der Waals surface area contributed by atoms with Crippen LogP contribution in [0.4, 0.5) is 4.79 Å². The van der Waals surface area contributed by atoms with Gasteiger partial charge in [0.05, 0.1) is 7.11 Å². The van der Waals surface area contributed by atoms with Gasteiger partial charge in [-0.1, -0.05) is 47.6 Å². The third-order valence-electron chi connectivity index (χ3n) is 4.90. The molecule has 0 radical (unpaired) electrons. The van der Waals surface area contributed by atoms with Crippen LogP contribution < -0.4 is 10.1 Å². The summed E-state index contributed by atoms with van der Waals surface area (Å²) in [6.45, 7) is 13.4. The highest BCUT2D eigenvalue weighted by Crippen LogP contribution is 2.42. The summed E-state index contributed by atoms with van der Waals surface area (Å²) in [6.07, 6.45) is 0.319. The summed E-state index contributed by atoms with van der Waals surface area (Å²) < 4.78 is 11.1. The number of benzene rings is 1. The van der Waals surface area contributed by atoms with E-state index in [0.29, 0.717) is 35.3 Å². The lowest BCUT2D eigenvalue weighted by atomic mass is 10.1. The van der Waals surface area contributed by atoms with Gasteiger partial charge in [-0.25, -0.2) is 4.79 Å². The van der Waals surface area contributed by atoms with Gasteiger partial charge in [-0.05, 0) is 40.7 Å². The molecule has 0 heterocycles. The number of hydrogen-bond donors (Lipinski definition) is 2. The van der Waals surface area contributed by atoms with Crippen molar-refractivity contribution in [1.29, 1.82) is 0 Å². The van der Waals surface area contributed by atoms with Gasteiger partial charge < -0.3 is 19.6 Å². The fourth-order valence-electron chi connectivity index (χ4n) is 3.74. The van der Waals surface area contributed by atoms with Gasteiger partial charge >= 0.3 is 6.09 Å². The van der Waals surface area contributed by atoms with Gasteiger partial charge in [-0.2, -0.15) is 0 Å². The van der Waals surface area contributed by atoms with Crippen LogP contribution in [-0.2, 0) is 10.8 Å². The molecule has 0 aliphatic rings. The molecule has 0 aliphatic heterocycles. The van der Waals surface area contributed by atoms with Crippen molar-refractivity contribution in [1.82, 2.24) is 5.32 Å². The number of hydrogen-bond acceptors (Lipinski definition) is 4. The van der Waals surface area contributed by atoms with Crippen molar-refractivity contribution in [3.05, 3.63) is 23.8 Å². The molecule has 0 aromatic heterocycles. The molecule has 0 aliphatic carbocycles. The van der Waals surface area contributed by atoms with E-state index >= 15 is 0 Å². The molecule has 0 saturated heterocycles. The second-order valence-corrected chi connectivity index (χ2v) is 12.8. The second-order valence-electron chi connectivity index (χ2n) is 7.39. The fraction of sp³-hybridized carbons (Fsp3) is 0.632. The molecule has 6 heteroatoms. The number of carbonyl (C=O) groups excluding carboxylic acids is 1. The molecule has 0 atom stereocenters. The third-order valence-corrected chi connectivity index (χ3v) is 10.9. The van der Waals surface area contributed by atoms with Gasteiger partial charge in [-0.3, -0.25) is 0 Å². The number of ether oxygens (including phenoxy) is 1. The molecule has 2 N–H and O–H groups in total. The number of methoxy groups -OCH3 is 1. The quantitative estimate of drug-likeness (QED) is 0.645. The first-order valence-electron chi connectivity index (χ1n) is 8.97. The standard InChI is InChI=1S/C19H33NO4Si/c1-13(2)25(14(3)4,15(5)6)24-19(22)20-11-10-16-8-9-17(21)18(12-16)23-7/h8-9,12-15,21H,10-11H2,1-7H3,(H,20,22). The number of rotatable bonds is 8. The van der Waals surface area contributed by atoms with Crippen LogP contribution in [0, 0.1) is 0 Å². The lowest BCUT2D eigenvalue weighted by molar-refractivity contribution is 0.193. The molecule has 1 aromatic carbocycles. The van der Waals surface area contributed by atoms with E-state index in [-0.39, 0.29) is 11.8 Å². The Labute approximate surface area is 152 Å². The van der Waals surface area contributed by atoms with Gasteiger partial charge in [0.1, 0.15) is 0 Å². The molecule has 0 spiro atoms. The fourth-order valence-corrected chi connectivity index (χ4v) is 8.84. The molecule has 0 saturated carbocycles. The van der Waals surface area contributed by atoms with Crippen LogP contribution in [0.2, 0.25) is 16.6 Å². The highest BCUT2D eigenvalue weighted by Gasteiger charge is 2.48. The minimum absolute atomic E-state index is 0.111. The van der Waals surface area contributed by atoms with Gasteiger partial charge in [0.2, 0.25) is 0 Å². The van der Waals surface area contributed by atoms with Crippen molar-refractivity contribution in [2.24, 2.45) is 0 Å². The maximum Gasteiger partial charge on any atom is 0.393 e. The van der Waals surface area contributed by atoms with Crippen LogP contribution >= 0.6 is 0 Å². The molecule has 1 amide bonds. The molecule has 142 valence electrons. The van der Waals surface area contributed by atoms with Crippen LogP contribution in [0.1, 0.15) is 47.1 Å². The molecule has 1 aromatic rings. The van der Waals surface area contributed by atoms with Crippen molar-refractivity contribution in [2.45, 2.75) is 64.6 Å². The zero-order valence-corrected chi connectivity index (χ0v) is 17.6. The maximum atomic E-state index is 12.4. The predicted octanol–water partition coefficient (Wildman–Crippen LogP) is 4.85. The smallest absolute Gasteiger partial charge is 0.393 e. The molecule has 0 bridgehead atoms. The van der Waals surface area contributed by atoms with E-state index in [1.54, 1.807) is 12.1 Å². The summed E-state index contributed by atoms with van der Waals surface area (Å²) in [5.74, 6) is 0.547. The Bertz CT molecular complexity index is 551. The maximum absolute atomic E-state index is 12.4. The minimum Gasteiger partial charge on any atom is -0.504 e. The summed E-state index contributed by atoms with van der Waals surface area (Å²) in [5, 5.41) is 12.5. The van der Waals surface area contributed by atoms with Gasteiger partial charge in [0.15, 0.2) is 11.5 Å². The van der Waals surface area contributed by atoms with Crippen molar-refractivity contribution in [3.8, 4) is 11.5 Å². The van der Waals surface area contributed by atoms with Gasteiger partial charge in [0.25, 0.3) is 8.32 Å². The molecule has 25 heavy (non-hydrogen) atoms. The largest absolute Gasteiger partial charge is 0.504 e. The summed E-state index contributed by atoms with van der Waals surface area (Å²) in [7, 11) is -0.691. The van der Waals surface area contributed by atoms with E-state index in [1.165, 1.54) is 7.11 Å². The number of phenols is 1. The highest BCUT2D eigenvalue weighted by molar-refractivity contribution is 6.78. The van der Waals surface area contributed by atoms with E-state index in [2.05, 4.69) is 46.9 Å². The lowest BCUT2D eigenvalue weighted by Crippen LogP contribution is -2.51. The number of amides is 1. The van der Waals surface area contributed by atoms with Crippen LogP contribution in [0.15, 0.2) is 18.2 Å². The Hall–Kier alpha value is -1.69. The second kappa shape index (κ2) is 9.13. The summed E-state index contributed by atoms with van der Waals surface area (Å²) in [5.41, 5.74) is 2.06. The topological polar surface area (TPSA) is 67.8 Å². The van der Waals surface area contributed by atoms with Gasteiger partial charge in [-0.15, -0.1) is 0 Å². The number of phenolic OH excluding ortho intramolecular Hbond substituents is 1. The van der Waals surface area contributed by atoms with E-state index < -0.39 is 8.32 Å². The van der Waals surface area contributed by atoms with Crippen LogP contribution in [0.25, 0.3) is 0 Å². The zero-order chi connectivity index (χ0) is 19.2. The van der Waals surface area contributed by atoms with E-state index in [9.17, 15) is 9.90 Å². The van der Waals surface area contributed by atoms with E-state index in [0.717, 1.165) is 5.56 Å². The molecule has 0 unspecified atom stereocenters. The number of nitrogens with one attached hydrogen (secondary N) is 1. The van der Waals surface area contributed by atoms with Crippen molar-refractivity contribution in [2.75, 3.05) is 13.7 Å². The first kappa shape index (κ1) is 21.3. The van der Waals surface area contributed by atoms with E-state index in [4.69, 9.17) is 9.16 Å². The molecular formula is C19H33NO4Si. The van der Waals surface area contributed by atoms with Crippen LogP contribution in [0.3, 0.4) is 0 Å². The third kappa shape index (κ3) is 5.14. The van der Waals surface area contributed by atoms with Crippen LogP contribution in [-0.4, -0.2) is 33.2 Å². The molecule has 1 rings (SSSR count). The normalized spacial score (nSPS) is 11.9. The van der Waals surface area contributed by atoms with Crippen LogP contribution in [0.5, 0.6) is 11.5 Å². The number of carbonyl (C=O) groups is 1. The Morgan fingerprint density at radius 1 is 1.12 bits per heavy atom. The first-order valence-corrected chi connectivity index (χ1v) is 11.1. The Morgan fingerprint density at radius 3 is 2.16 bits per heavy atom. The van der Waals surface area contributed by atoms with Crippen molar-refractivity contribution < 1.29 is 19.1 Å². The molecule has 5 nitrogen and oxygen atoms in total. The predicted molar refractivity (Wildman–Crippen MR) is 104 cm³/mol. The lowest BCUT2D eigenvalue weighted by Gasteiger charge is -2.41. The highest BCUT2D eigenvalue weighted by atomic mass is 28.4. The van der Waals surface area contributed by atoms with Crippen molar-refractivity contribution >= 4 is 14.4 Å². The molecule has 0 fully saturated rings. The zero-order valence-electron chi connectivity index (χ0n) is 16.6. The summed E-state index contributed by atoms with van der Waals surface area (Å²) >= 11 is 0. The Balaban J connectivity index is 2.67. The number of aromatic hydroxyl groups is 1. The first-order chi connectivity index (χ1) is 11.6. The van der Waals surface area contributed by atoms with Crippen molar-refractivity contribution in [3.63, 3.8) is 0 Å².